The van der Waals surface area contributed by atoms with E-state index in [2.05, 4.69) is 0 Å². The van der Waals surface area contributed by atoms with E-state index in [1.54, 1.807) is 19.2 Å². The number of fused-ring (bicyclic) bond motifs is 2. The second-order valence-corrected chi connectivity index (χ2v) is 3.61. The second-order valence-electron chi connectivity index (χ2n) is 3.61. The zero-order valence-corrected chi connectivity index (χ0v) is 9.02. The van der Waals surface area contributed by atoms with Crippen LogP contribution in [0.1, 0.15) is 0 Å². The molecule has 0 amide bonds. The molecule has 5 nitrogen and oxygen atoms in total. The highest BCUT2D eigenvalue weighted by Crippen LogP contribution is 2.39. The fourth-order valence-electron chi connectivity index (χ4n) is 1.96. The van der Waals surface area contributed by atoms with Crippen molar-refractivity contribution < 1.29 is 13.6 Å². The van der Waals surface area contributed by atoms with Gasteiger partial charge in [-0.25, -0.2) is 4.79 Å². The van der Waals surface area contributed by atoms with Gasteiger partial charge >= 0.3 is 5.63 Å². The van der Waals surface area contributed by atoms with Crippen LogP contribution in [-0.2, 0) is 0 Å². The fraction of sp³-hybridized carbons (Fsp3) is 0.0833. The van der Waals surface area contributed by atoms with Crippen LogP contribution in [0.5, 0.6) is 5.75 Å². The highest BCUT2D eigenvalue weighted by atomic mass is 16.5. The summed E-state index contributed by atoms with van der Waals surface area (Å²) in [6, 6.07) is 4.72. The molecule has 2 heterocycles. The summed E-state index contributed by atoms with van der Waals surface area (Å²) < 4.78 is 15.7. The Bertz CT molecular complexity index is 769. The molecule has 3 aromatic rings. The van der Waals surface area contributed by atoms with Crippen molar-refractivity contribution >= 4 is 27.6 Å². The summed E-state index contributed by atoms with van der Waals surface area (Å²) in [5.41, 5.74) is 6.50. The predicted octanol–water partition coefficient (Wildman–Crippen LogP) is 2.13. The van der Waals surface area contributed by atoms with Crippen LogP contribution >= 0.6 is 0 Å². The number of ether oxygens (including phenoxy) is 1. The number of furan rings is 1. The molecule has 5 heteroatoms. The molecule has 0 radical (unpaired) electrons. The number of rotatable bonds is 1. The minimum Gasteiger partial charge on any atom is -0.495 e. The predicted molar refractivity (Wildman–Crippen MR) is 63.2 cm³/mol. The van der Waals surface area contributed by atoms with E-state index in [1.807, 2.05) is 0 Å². The average molecular weight is 231 g/mol. The molecule has 2 N–H and O–H groups in total. The van der Waals surface area contributed by atoms with E-state index in [0.29, 0.717) is 22.4 Å². The van der Waals surface area contributed by atoms with Crippen molar-refractivity contribution in [2.24, 2.45) is 0 Å². The maximum absolute atomic E-state index is 11.2. The lowest BCUT2D eigenvalue weighted by Gasteiger charge is -2.07. The van der Waals surface area contributed by atoms with Crippen LogP contribution in [0.4, 0.5) is 5.69 Å². The van der Waals surface area contributed by atoms with Crippen molar-refractivity contribution in [2.45, 2.75) is 0 Å². The average Bonchev–Trinajstić information content (AvgIpc) is 2.80. The Kier molecular flexibility index (Phi) is 1.89. The highest BCUT2D eigenvalue weighted by molar-refractivity contribution is 6.10. The van der Waals surface area contributed by atoms with Gasteiger partial charge in [0.1, 0.15) is 11.4 Å². The van der Waals surface area contributed by atoms with Gasteiger partial charge in [-0.2, -0.15) is 0 Å². The Morgan fingerprint density at radius 1 is 1.18 bits per heavy atom. The lowest BCUT2D eigenvalue weighted by molar-refractivity contribution is 0.423. The van der Waals surface area contributed by atoms with Gasteiger partial charge in [0.25, 0.3) is 0 Å². The SMILES string of the molecule is COc1c2ccoc2c(N)c2oc(=O)ccc12. The summed E-state index contributed by atoms with van der Waals surface area (Å²) in [5, 5.41) is 1.41. The van der Waals surface area contributed by atoms with Crippen molar-refractivity contribution in [3.63, 3.8) is 0 Å². The molecule has 86 valence electrons. The van der Waals surface area contributed by atoms with E-state index in [4.69, 9.17) is 19.3 Å². The summed E-state index contributed by atoms with van der Waals surface area (Å²) >= 11 is 0. The molecule has 0 aliphatic heterocycles. The van der Waals surface area contributed by atoms with Gasteiger partial charge in [-0.05, 0) is 12.1 Å². The first-order chi connectivity index (χ1) is 8.22. The van der Waals surface area contributed by atoms with E-state index >= 15 is 0 Å². The molecule has 0 aliphatic rings. The van der Waals surface area contributed by atoms with Gasteiger partial charge in [0.05, 0.1) is 24.1 Å². The number of anilines is 1. The first-order valence-electron chi connectivity index (χ1n) is 4.99. The molecule has 2 aromatic heterocycles. The Labute approximate surface area is 95.4 Å². The number of nitrogens with two attached hydrogens (primary N) is 1. The van der Waals surface area contributed by atoms with Crippen LogP contribution in [0, 0.1) is 0 Å². The van der Waals surface area contributed by atoms with Gasteiger partial charge in [0.2, 0.25) is 0 Å². The molecule has 0 unspecified atom stereocenters. The third kappa shape index (κ3) is 1.22. The summed E-state index contributed by atoms with van der Waals surface area (Å²) in [5.74, 6) is 0.585. The molecular formula is C12H9NO4. The third-order valence-electron chi connectivity index (χ3n) is 2.68. The zero-order valence-electron chi connectivity index (χ0n) is 9.02. The third-order valence-corrected chi connectivity index (χ3v) is 2.68. The van der Waals surface area contributed by atoms with Crippen LogP contribution < -0.4 is 16.1 Å². The van der Waals surface area contributed by atoms with Gasteiger partial charge in [-0.1, -0.05) is 0 Å². The van der Waals surface area contributed by atoms with Gasteiger partial charge in [0, 0.05) is 6.07 Å². The fourth-order valence-corrected chi connectivity index (χ4v) is 1.96. The van der Waals surface area contributed by atoms with Crippen LogP contribution in [0.15, 0.2) is 38.1 Å². The molecule has 3 rings (SSSR count). The molecule has 1 aromatic carbocycles. The van der Waals surface area contributed by atoms with Gasteiger partial charge in [0.15, 0.2) is 11.2 Å². The van der Waals surface area contributed by atoms with E-state index in [-0.39, 0.29) is 5.58 Å². The van der Waals surface area contributed by atoms with E-state index in [0.717, 1.165) is 5.39 Å². The number of hydrogen-bond acceptors (Lipinski definition) is 5. The standard InChI is InChI=1S/C12H9NO4/c1-15-10-6-2-3-8(14)17-12(6)9(13)11-7(10)4-5-16-11/h2-5H,13H2,1H3. The molecule has 0 bridgehead atoms. The quantitative estimate of drug-likeness (QED) is 0.512. The summed E-state index contributed by atoms with van der Waals surface area (Å²) in [6.45, 7) is 0. The Morgan fingerprint density at radius 3 is 2.71 bits per heavy atom. The zero-order chi connectivity index (χ0) is 12.0. The number of nitrogen functional groups attached to an aromatic ring is 1. The molecule has 0 aliphatic carbocycles. The number of benzene rings is 1. The van der Waals surface area contributed by atoms with Gasteiger partial charge in [-0.3, -0.25) is 0 Å². The minimum absolute atomic E-state index is 0.289. The highest BCUT2D eigenvalue weighted by Gasteiger charge is 2.16. The second kappa shape index (κ2) is 3.28. The molecule has 0 atom stereocenters. The van der Waals surface area contributed by atoms with Crippen LogP contribution in [0.25, 0.3) is 21.9 Å². The lowest BCUT2D eigenvalue weighted by atomic mass is 10.1. The summed E-state index contributed by atoms with van der Waals surface area (Å²) in [6.07, 6.45) is 1.51. The normalized spacial score (nSPS) is 11.1. The molecule has 0 saturated carbocycles. The largest absolute Gasteiger partial charge is 0.495 e. The molecule has 0 fully saturated rings. The molecule has 0 saturated heterocycles. The molecule has 17 heavy (non-hydrogen) atoms. The number of methoxy groups -OCH3 is 1. The van der Waals surface area contributed by atoms with E-state index in [1.165, 1.54) is 12.3 Å². The van der Waals surface area contributed by atoms with Crippen molar-refractivity contribution in [3.05, 3.63) is 34.9 Å². The first-order valence-corrected chi connectivity index (χ1v) is 4.99. The Hall–Kier alpha value is -2.43. The lowest BCUT2D eigenvalue weighted by Crippen LogP contribution is -1.99. The maximum Gasteiger partial charge on any atom is 0.336 e. The van der Waals surface area contributed by atoms with Crippen molar-refractivity contribution in [2.75, 3.05) is 12.8 Å². The topological polar surface area (TPSA) is 78.6 Å². The Morgan fingerprint density at radius 2 is 1.94 bits per heavy atom. The smallest absolute Gasteiger partial charge is 0.336 e. The molecule has 0 spiro atoms. The van der Waals surface area contributed by atoms with Crippen LogP contribution in [0.3, 0.4) is 0 Å². The minimum atomic E-state index is -0.461. The van der Waals surface area contributed by atoms with Gasteiger partial charge in [-0.15, -0.1) is 0 Å². The number of hydrogen-bond donors (Lipinski definition) is 1. The Balaban J connectivity index is 2.65. The monoisotopic (exact) mass is 231 g/mol. The van der Waals surface area contributed by atoms with Gasteiger partial charge < -0.3 is 19.3 Å². The van der Waals surface area contributed by atoms with Crippen molar-refractivity contribution in [3.8, 4) is 5.75 Å². The summed E-state index contributed by atoms with van der Waals surface area (Å²) in [4.78, 5) is 11.2. The first kappa shape index (κ1) is 9.77. The maximum atomic E-state index is 11.2. The van der Waals surface area contributed by atoms with Crippen LogP contribution in [-0.4, -0.2) is 7.11 Å². The molecular weight excluding hydrogens is 222 g/mol. The van der Waals surface area contributed by atoms with E-state index < -0.39 is 5.63 Å². The van der Waals surface area contributed by atoms with Crippen molar-refractivity contribution in [1.82, 2.24) is 0 Å². The van der Waals surface area contributed by atoms with Crippen molar-refractivity contribution in [1.29, 1.82) is 0 Å². The summed E-state index contributed by atoms with van der Waals surface area (Å²) in [7, 11) is 1.54. The van der Waals surface area contributed by atoms with E-state index in [9.17, 15) is 4.79 Å². The van der Waals surface area contributed by atoms with Crippen LogP contribution in [0.2, 0.25) is 0 Å².